The average Bonchev–Trinajstić information content (AvgIpc) is 2.97. The Morgan fingerprint density at radius 1 is 1.00 bits per heavy atom. The van der Waals surface area contributed by atoms with Gasteiger partial charge < -0.3 is 5.73 Å². The van der Waals surface area contributed by atoms with Crippen molar-refractivity contribution in [1.29, 1.82) is 5.26 Å². The van der Waals surface area contributed by atoms with E-state index in [2.05, 4.69) is 39.3 Å². The van der Waals surface area contributed by atoms with E-state index in [4.69, 9.17) is 11.0 Å². The molecule has 0 aliphatic carbocycles. The van der Waals surface area contributed by atoms with Crippen molar-refractivity contribution in [1.82, 2.24) is 0 Å². The largest absolute Gasteiger partial charge is 0.416 e. The van der Waals surface area contributed by atoms with Crippen molar-refractivity contribution < 1.29 is 31.1 Å². The molecular weight excluding hydrogens is 580 g/mol. The Hall–Kier alpha value is -3.61. The van der Waals surface area contributed by atoms with Gasteiger partial charge in [-0.1, -0.05) is 98.0 Å². The summed E-state index contributed by atoms with van der Waals surface area (Å²) in [6, 6.07) is 3.44. The molecule has 0 spiro atoms. The third-order valence-corrected chi connectivity index (χ3v) is 6.28. The summed E-state index contributed by atoms with van der Waals surface area (Å²) in [4.78, 5) is 15.2. The van der Waals surface area contributed by atoms with Crippen LogP contribution < -0.4 is 5.73 Å². The Labute approximate surface area is 259 Å². The fourth-order valence-electron chi connectivity index (χ4n) is 3.39. The summed E-state index contributed by atoms with van der Waals surface area (Å²) in [5.41, 5.74) is 4.30. The van der Waals surface area contributed by atoms with Crippen LogP contribution in [0.2, 0.25) is 0 Å². The fraction of sp³-hybridized carbons (Fsp3) is 0.500. The molecule has 1 atom stereocenters. The van der Waals surface area contributed by atoms with Gasteiger partial charge in [0.15, 0.2) is 0 Å². The number of amides is 1. The number of allylic oxidation sites excluding steroid dienone is 5. The molecule has 1 aromatic rings. The van der Waals surface area contributed by atoms with Crippen molar-refractivity contribution in [3.8, 4) is 6.07 Å². The topological polar surface area (TPSA) is 79.2 Å². The van der Waals surface area contributed by atoms with E-state index >= 15 is 0 Å². The monoisotopic (exact) mass is 627 g/mol. The van der Waals surface area contributed by atoms with Gasteiger partial charge in [-0.15, -0.1) is 0 Å². The lowest BCUT2D eigenvalue weighted by atomic mass is 9.96. The number of hydrogen-bond donors (Lipinski definition) is 1. The molecule has 0 aromatic heterocycles. The Balaban J connectivity index is 0. The summed E-state index contributed by atoms with van der Waals surface area (Å²) in [6.07, 6.45) is 5.51. The molecule has 0 radical (unpaired) electrons. The van der Waals surface area contributed by atoms with E-state index in [0.717, 1.165) is 19.3 Å². The first-order valence-electron chi connectivity index (χ1n) is 14.7. The Kier molecular flexibility index (Phi) is 21.2. The molecule has 44 heavy (non-hydrogen) atoms. The number of carbonyl (C=O) groups is 1. The fourth-order valence-corrected chi connectivity index (χ4v) is 3.39. The number of nitrogens with two attached hydrogens (primary N) is 1. The normalized spacial score (nSPS) is 13.5. The number of unbranched alkanes of at least 4 members (excludes halogenated alkanes) is 4. The van der Waals surface area contributed by atoms with E-state index in [1.165, 1.54) is 45.7 Å². The van der Waals surface area contributed by atoms with Crippen LogP contribution in [-0.4, -0.2) is 18.7 Å². The Morgan fingerprint density at radius 2 is 1.50 bits per heavy atom. The summed E-state index contributed by atoms with van der Waals surface area (Å²) in [7, 11) is 1.29. The van der Waals surface area contributed by atoms with Gasteiger partial charge in [0.1, 0.15) is 0 Å². The first kappa shape index (κ1) is 42.5. The van der Waals surface area contributed by atoms with Crippen molar-refractivity contribution in [2.45, 2.75) is 98.8 Å². The Bertz CT molecular complexity index is 1160. The highest BCUT2D eigenvalue weighted by Crippen LogP contribution is 2.36. The molecule has 1 rings (SSSR count). The molecule has 0 fully saturated rings. The lowest BCUT2D eigenvalue weighted by Gasteiger charge is -2.14. The summed E-state index contributed by atoms with van der Waals surface area (Å²) in [6.45, 7) is 15.6. The molecule has 0 aliphatic rings. The van der Waals surface area contributed by atoms with Gasteiger partial charge in [0, 0.05) is 18.3 Å². The Morgan fingerprint density at radius 3 is 1.82 bits per heavy atom. The third kappa shape index (κ3) is 17.5. The molecule has 1 unspecified atom stereocenters. The predicted molar refractivity (Wildman–Crippen MR) is 168 cm³/mol. The van der Waals surface area contributed by atoms with E-state index in [-0.39, 0.29) is 17.3 Å². The molecule has 1 amide bonds. The van der Waals surface area contributed by atoms with E-state index in [9.17, 15) is 31.1 Å². The number of carbonyl (C=O) groups excluding carboxylic acids is 1. The number of primary amides is 1. The molecule has 0 bridgehead atoms. The molecule has 0 saturated heterocycles. The van der Waals surface area contributed by atoms with Crippen LogP contribution in [0.25, 0.3) is 0 Å². The van der Waals surface area contributed by atoms with Crippen molar-refractivity contribution in [2.24, 2.45) is 16.6 Å². The summed E-state index contributed by atoms with van der Waals surface area (Å²) in [5.74, 6) is -0.166. The van der Waals surface area contributed by atoms with Crippen LogP contribution in [0.3, 0.4) is 0 Å². The maximum absolute atomic E-state index is 12.5. The minimum Gasteiger partial charge on any atom is -0.366 e. The quantitative estimate of drug-likeness (QED) is 0.0625. The smallest absolute Gasteiger partial charge is 0.366 e. The number of nitrogens with zero attached hydrogens (tertiary/aromatic N) is 2. The lowest BCUT2D eigenvalue weighted by molar-refractivity contribution is -0.143. The van der Waals surface area contributed by atoms with Crippen molar-refractivity contribution >= 4 is 11.6 Å². The molecule has 0 aliphatic heterocycles. The highest BCUT2D eigenvalue weighted by molar-refractivity contribution is 5.99. The summed E-state index contributed by atoms with van der Waals surface area (Å²) < 4.78 is 75.0. The maximum Gasteiger partial charge on any atom is 0.416 e. The maximum atomic E-state index is 12.5. The van der Waals surface area contributed by atoms with E-state index in [1.54, 1.807) is 6.08 Å². The van der Waals surface area contributed by atoms with Crippen LogP contribution in [-0.2, 0) is 17.1 Å². The van der Waals surface area contributed by atoms with Crippen LogP contribution >= 0.6 is 0 Å². The summed E-state index contributed by atoms with van der Waals surface area (Å²) in [5, 5.41) is 9.01. The highest BCUT2D eigenvalue weighted by Gasteiger charge is 2.37. The highest BCUT2D eigenvalue weighted by atomic mass is 19.4. The second-order valence-electron chi connectivity index (χ2n) is 10.0. The van der Waals surface area contributed by atoms with E-state index in [0.29, 0.717) is 34.8 Å². The minimum atomic E-state index is -4.83. The molecule has 0 heterocycles. The van der Waals surface area contributed by atoms with Gasteiger partial charge in [-0.3, -0.25) is 9.79 Å². The zero-order valence-corrected chi connectivity index (χ0v) is 26.9. The van der Waals surface area contributed by atoms with Gasteiger partial charge >= 0.3 is 12.4 Å². The van der Waals surface area contributed by atoms with Crippen molar-refractivity contribution in [2.75, 3.05) is 7.05 Å². The number of nitriles is 1. The lowest BCUT2D eigenvalue weighted by Crippen LogP contribution is -2.15. The third-order valence-electron chi connectivity index (χ3n) is 6.28. The molecule has 246 valence electrons. The molecule has 2 N–H and O–H groups in total. The van der Waals surface area contributed by atoms with Crippen molar-refractivity contribution in [3.63, 3.8) is 0 Å². The zero-order chi connectivity index (χ0) is 34.5. The van der Waals surface area contributed by atoms with E-state index < -0.39 is 29.4 Å². The van der Waals surface area contributed by atoms with E-state index in [1.807, 2.05) is 25.1 Å². The molecule has 4 nitrogen and oxygen atoms in total. The van der Waals surface area contributed by atoms with Crippen LogP contribution in [0.15, 0.2) is 70.8 Å². The standard InChI is InChI=1S/C17H24N2O.C11H9F6N.C6H14/c1-5-8-9-16(17(19)20)15(10-13(4)6-2)11-14(7-3)12-18;1-6(18-2)7-3-8(10(12,13)14)5-9(4-7)11(15,16)17;1-3-5-6-4-2/h7,9-11,13H,3,5-6,8H2,1-2,4H3,(H2,19,20);3-5H,1-2H3;3-6H2,1-2H3/b14-11+,15-10+,16-9+;;. The van der Waals surface area contributed by atoms with Gasteiger partial charge in [-0.2, -0.15) is 31.6 Å². The average molecular weight is 628 g/mol. The second kappa shape index (κ2) is 22.0. The van der Waals surface area contributed by atoms with Gasteiger partial charge in [0.05, 0.1) is 22.8 Å². The van der Waals surface area contributed by atoms with Gasteiger partial charge in [-0.25, -0.2) is 0 Å². The second-order valence-corrected chi connectivity index (χ2v) is 10.0. The molecule has 1 aromatic carbocycles. The van der Waals surface area contributed by atoms with Crippen LogP contribution in [0.1, 0.15) is 103 Å². The van der Waals surface area contributed by atoms with Gasteiger partial charge in [-0.05, 0) is 54.7 Å². The number of rotatable bonds is 12. The van der Waals surface area contributed by atoms with Gasteiger partial charge in [0.25, 0.3) is 0 Å². The van der Waals surface area contributed by atoms with Crippen LogP contribution in [0.5, 0.6) is 0 Å². The number of benzene rings is 1. The number of aliphatic imine (C=N–C) groups is 1. The minimum absolute atomic E-state index is 0.0897. The number of alkyl halides is 6. The molecular formula is C34H47F6N3O. The zero-order valence-electron chi connectivity index (χ0n) is 26.9. The first-order valence-corrected chi connectivity index (χ1v) is 14.7. The van der Waals surface area contributed by atoms with Crippen LogP contribution in [0, 0.1) is 17.2 Å². The van der Waals surface area contributed by atoms with Gasteiger partial charge in [0.2, 0.25) is 5.91 Å². The summed E-state index contributed by atoms with van der Waals surface area (Å²) >= 11 is 0. The first-order chi connectivity index (χ1) is 20.5. The predicted octanol–water partition coefficient (Wildman–Crippen LogP) is 10.6. The SMILES string of the molecule is C=C\C(C#N)=C/C(=C\C(C)CC)C(=C\CCC)/C(N)=O.CCCCCC.CN=C(C)c1cc(C(F)(F)F)cc(C(F)(F)F)c1. The molecule has 0 saturated carbocycles. The van der Waals surface area contributed by atoms with Crippen LogP contribution in [0.4, 0.5) is 26.3 Å². The number of hydrogen-bond acceptors (Lipinski definition) is 3. The molecule has 10 heteroatoms. The van der Waals surface area contributed by atoms with Crippen molar-refractivity contribution in [3.05, 3.63) is 82.5 Å². The number of halogens is 6.